The third kappa shape index (κ3) is 4.37. The fraction of sp³-hybridized carbons (Fsp3) is 0.923. The molecular formula is C26H35F2O7S-. The van der Waals surface area contributed by atoms with E-state index < -0.39 is 23.3 Å². The van der Waals surface area contributed by atoms with Crippen molar-refractivity contribution in [2.75, 3.05) is 13.2 Å². The maximum Gasteiger partial charge on any atom is 0.415 e. The molecule has 0 amide bonds. The maximum atomic E-state index is 13.8. The molecule has 8 unspecified atom stereocenters. The first-order valence-corrected chi connectivity index (χ1v) is 14.2. The van der Waals surface area contributed by atoms with Crippen molar-refractivity contribution < 1.29 is 42.5 Å². The van der Waals surface area contributed by atoms with Crippen molar-refractivity contribution in [1.29, 1.82) is 0 Å². The molecule has 0 N–H and O–H groups in total. The molecule has 8 atom stereocenters. The Bertz CT molecular complexity index is 886. The van der Waals surface area contributed by atoms with Crippen LogP contribution in [0.3, 0.4) is 0 Å². The predicted octanol–water partition coefficient (Wildman–Crippen LogP) is 4.44. The summed E-state index contributed by atoms with van der Waals surface area (Å²) in [6, 6.07) is 0. The lowest BCUT2D eigenvalue weighted by Crippen LogP contribution is -2.55. The predicted molar refractivity (Wildman–Crippen MR) is 121 cm³/mol. The van der Waals surface area contributed by atoms with Gasteiger partial charge < -0.3 is 14.7 Å². The molecule has 0 aliphatic heterocycles. The third-order valence-corrected chi connectivity index (χ3v) is 11.2. The van der Waals surface area contributed by atoms with Gasteiger partial charge in [-0.05, 0) is 106 Å². The molecule has 0 aromatic carbocycles. The summed E-state index contributed by atoms with van der Waals surface area (Å²) < 4.78 is 42.5. The Morgan fingerprint density at radius 1 is 0.917 bits per heavy atom. The summed E-state index contributed by atoms with van der Waals surface area (Å²) in [5.74, 6) is 2.55. The fourth-order valence-electron chi connectivity index (χ4n) is 10.3. The third-order valence-electron chi connectivity index (χ3n) is 10.7. The van der Waals surface area contributed by atoms with Crippen molar-refractivity contribution in [3.8, 4) is 0 Å². The molecule has 36 heavy (non-hydrogen) atoms. The van der Waals surface area contributed by atoms with Gasteiger partial charge in [-0.3, -0.25) is 9.83 Å². The Morgan fingerprint density at radius 3 is 2.22 bits per heavy atom. The zero-order valence-electron chi connectivity index (χ0n) is 20.6. The number of hydrogen-bond donors (Lipinski definition) is 0. The van der Waals surface area contributed by atoms with Crippen LogP contribution in [0.25, 0.3) is 0 Å². The number of alkyl halides is 2. The lowest BCUT2D eigenvalue weighted by atomic mass is 9.44. The quantitative estimate of drug-likeness (QED) is 0.187. The van der Waals surface area contributed by atoms with Gasteiger partial charge in [0.1, 0.15) is 12.0 Å². The van der Waals surface area contributed by atoms with Crippen LogP contribution >= 0.6 is 12.0 Å². The van der Waals surface area contributed by atoms with Gasteiger partial charge in [0, 0.05) is 10.8 Å². The summed E-state index contributed by atoms with van der Waals surface area (Å²) in [7, 11) is 0. The highest BCUT2D eigenvalue weighted by molar-refractivity contribution is 7.96. The van der Waals surface area contributed by atoms with Gasteiger partial charge in [0.25, 0.3) is 0 Å². The molecule has 7 saturated carbocycles. The number of esters is 2. The topological polar surface area (TPSA) is 94.1 Å². The molecule has 7 aliphatic rings. The van der Waals surface area contributed by atoms with Crippen LogP contribution in [0.1, 0.15) is 71.1 Å². The van der Waals surface area contributed by atoms with E-state index in [1.54, 1.807) is 0 Å². The highest BCUT2D eigenvalue weighted by atomic mass is 32.2. The Morgan fingerprint density at radius 2 is 1.56 bits per heavy atom. The largest absolute Gasteiger partial charge is 0.691 e. The van der Waals surface area contributed by atoms with Crippen LogP contribution in [0, 0.1) is 58.2 Å². The number of rotatable bonds is 9. The Balaban J connectivity index is 1.07. The first-order valence-electron chi connectivity index (χ1n) is 13.5. The number of hydrogen-bond acceptors (Lipinski definition) is 8. The van der Waals surface area contributed by atoms with Gasteiger partial charge in [0.2, 0.25) is 0 Å². The summed E-state index contributed by atoms with van der Waals surface area (Å²) in [6.45, 7) is 2.62. The van der Waals surface area contributed by atoms with Crippen molar-refractivity contribution in [3.63, 3.8) is 0 Å². The van der Waals surface area contributed by atoms with E-state index >= 15 is 0 Å². The molecule has 0 radical (unpaired) electrons. The average molecular weight is 530 g/mol. The van der Waals surface area contributed by atoms with Crippen molar-refractivity contribution in [2.24, 2.45) is 58.2 Å². The van der Waals surface area contributed by atoms with Gasteiger partial charge in [-0.1, -0.05) is 6.92 Å². The average Bonchev–Trinajstić information content (AvgIpc) is 3.50. The van der Waals surface area contributed by atoms with E-state index in [0.29, 0.717) is 42.6 Å². The SMILES string of the molecule is CC1CC2C3CC(C(=O)OCC45CC6CC(C4)CC(COC(=O)C(F)(F)SOO[O-])(C6)C5)C(C3)C2C1. The summed E-state index contributed by atoms with van der Waals surface area (Å²) in [5.41, 5.74) is -0.534. The monoisotopic (exact) mass is 529 g/mol. The van der Waals surface area contributed by atoms with E-state index in [1.165, 1.54) is 19.3 Å². The van der Waals surface area contributed by atoms with Crippen LogP contribution in [0.5, 0.6) is 0 Å². The van der Waals surface area contributed by atoms with Gasteiger partial charge in [-0.25, -0.2) is 4.79 Å². The number of carbonyl (C=O) groups excluding carboxylic acids is 2. The van der Waals surface area contributed by atoms with Crippen LogP contribution in [-0.4, -0.2) is 30.4 Å². The molecule has 0 saturated heterocycles. The Kier molecular flexibility index (Phi) is 6.37. The number of carbonyl (C=O) groups is 2. The second kappa shape index (κ2) is 9.06. The fourth-order valence-corrected chi connectivity index (χ4v) is 10.6. The van der Waals surface area contributed by atoms with Crippen LogP contribution in [0.2, 0.25) is 0 Å². The zero-order chi connectivity index (χ0) is 25.3. The van der Waals surface area contributed by atoms with E-state index in [9.17, 15) is 23.6 Å². The molecule has 6 bridgehead atoms. The molecule has 7 nitrogen and oxygen atoms in total. The second-order valence-corrected chi connectivity index (χ2v) is 14.1. The van der Waals surface area contributed by atoms with Gasteiger partial charge in [-0.2, -0.15) is 13.1 Å². The minimum Gasteiger partial charge on any atom is -0.691 e. The van der Waals surface area contributed by atoms with Crippen molar-refractivity contribution in [2.45, 2.75) is 76.4 Å². The normalized spacial score (nSPS) is 46.2. The van der Waals surface area contributed by atoms with Crippen molar-refractivity contribution >= 4 is 24.0 Å². The molecule has 202 valence electrons. The highest BCUT2D eigenvalue weighted by Crippen LogP contribution is 2.66. The minimum absolute atomic E-state index is 0.0328. The van der Waals surface area contributed by atoms with Gasteiger partial charge >= 0.3 is 17.2 Å². The van der Waals surface area contributed by atoms with E-state index in [4.69, 9.17) is 9.47 Å². The molecule has 7 aliphatic carbocycles. The van der Waals surface area contributed by atoms with Crippen LogP contribution < -0.4 is 5.26 Å². The van der Waals surface area contributed by atoms with Crippen molar-refractivity contribution in [1.82, 2.24) is 0 Å². The molecule has 7 rings (SSSR count). The standard InChI is InChI=1S/C26H36F2O7S/c1-14-2-18-17-5-20(19(18)3-14)21(6-17)22(29)32-12-24-7-15-4-16(8-24)10-25(9-15,11-24)13-33-23(30)26(27,28)36-35-34-31/h14-21,31H,2-13H2,1H3/p-1. The van der Waals surface area contributed by atoms with Crippen LogP contribution in [-0.2, 0) is 28.4 Å². The minimum atomic E-state index is -4.03. The van der Waals surface area contributed by atoms with Gasteiger partial charge in [0.15, 0.2) is 0 Å². The summed E-state index contributed by atoms with van der Waals surface area (Å²) >= 11 is -0.663. The summed E-state index contributed by atoms with van der Waals surface area (Å²) in [6.07, 6.45) is 10.2. The number of ether oxygens (including phenoxy) is 2. The van der Waals surface area contributed by atoms with E-state index in [2.05, 4.69) is 16.3 Å². The Hall–Kier alpha value is -0.970. The molecule has 0 aromatic heterocycles. The lowest BCUT2D eigenvalue weighted by Gasteiger charge is -2.61. The zero-order valence-corrected chi connectivity index (χ0v) is 21.4. The van der Waals surface area contributed by atoms with E-state index in [-0.39, 0.29) is 29.3 Å². The van der Waals surface area contributed by atoms with Gasteiger partial charge in [0.05, 0.1) is 19.1 Å². The van der Waals surface area contributed by atoms with Crippen molar-refractivity contribution in [3.05, 3.63) is 0 Å². The second-order valence-electron chi connectivity index (χ2n) is 13.3. The molecule has 0 aromatic rings. The Labute approximate surface area is 214 Å². The first-order chi connectivity index (χ1) is 17.1. The van der Waals surface area contributed by atoms with Crippen LogP contribution in [0.4, 0.5) is 8.78 Å². The molecule has 7 fully saturated rings. The number of fused-ring (bicyclic) bond motifs is 5. The smallest absolute Gasteiger partial charge is 0.415 e. The molecule has 10 heteroatoms. The number of halogens is 2. The van der Waals surface area contributed by atoms with Gasteiger partial charge in [-0.15, -0.1) is 0 Å². The molecule has 0 heterocycles. The summed E-state index contributed by atoms with van der Waals surface area (Å²) in [4.78, 5) is 25.2. The van der Waals surface area contributed by atoms with Crippen LogP contribution in [0.15, 0.2) is 0 Å². The van der Waals surface area contributed by atoms with E-state index in [1.807, 2.05) is 0 Å². The van der Waals surface area contributed by atoms with E-state index in [0.717, 1.165) is 50.4 Å². The molecule has 0 spiro atoms. The summed E-state index contributed by atoms with van der Waals surface area (Å²) in [5, 5.41) is 8.75. The highest BCUT2D eigenvalue weighted by Gasteiger charge is 2.60. The first kappa shape index (κ1) is 25.3. The molecular weight excluding hydrogens is 494 g/mol. The lowest BCUT2D eigenvalue weighted by molar-refractivity contribution is -0.777. The maximum absolute atomic E-state index is 13.8.